The van der Waals surface area contributed by atoms with E-state index in [1.54, 1.807) is 0 Å². The van der Waals surface area contributed by atoms with Crippen LogP contribution in [0, 0.1) is 11.8 Å². The lowest BCUT2D eigenvalue weighted by Gasteiger charge is -2.41. The number of anilines is 1. The third-order valence-corrected chi connectivity index (χ3v) is 7.19. The summed E-state index contributed by atoms with van der Waals surface area (Å²) < 4.78 is 0. The zero-order chi connectivity index (χ0) is 23.3. The first-order valence-corrected chi connectivity index (χ1v) is 12.2. The summed E-state index contributed by atoms with van der Waals surface area (Å²) in [4.78, 5) is 25.4. The Morgan fingerprint density at radius 2 is 1.65 bits per heavy atom. The Bertz CT molecular complexity index is 1160. The van der Waals surface area contributed by atoms with Gasteiger partial charge in [-0.2, -0.15) is 0 Å². The predicted molar refractivity (Wildman–Crippen MR) is 134 cm³/mol. The van der Waals surface area contributed by atoms with E-state index in [0.29, 0.717) is 17.9 Å². The van der Waals surface area contributed by atoms with E-state index >= 15 is 0 Å². The fourth-order valence-electron chi connectivity index (χ4n) is 5.47. The molecule has 3 unspecified atom stereocenters. The molecule has 0 aromatic heterocycles. The van der Waals surface area contributed by atoms with Crippen molar-refractivity contribution in [2.24, 2.45) is 11.8 Å². The largest absolute Gasteiger partial charge is 0.322 e. The van der Waals surface area contributed by atoms with E-state index in [1.807, 2.05) is 60.7 Å². The van der Waals surface area contributed by atoms with Crippen molar-refractivity contribution in [2.45, 2.75) is 44.6 Å². The number of fused-ring (bicyclic) bond motifs is 1. The zero-order valence-corrected chi connectivity index (χ0v) is 19.3. The second-order valence-corrected chi connectivity index (χ2v) is 9.47. The molecule has 5 nitrogen and oxygen atoms in total. The van der Waals surface area contributed by atoms with Crippen LogP contribution in [0.1, 0.15) is 52.7 Å². The van der Waals surface area contributed by atoms with Crippen molar-refractivity contribution in [3.63, 3.8) is 0 Å². The normalized spacial score (nSPS) is 21.9. The third-order valence-electron chi connectivity index (χ3n) is 7.19. The van der Waals surface area contributed by atoms with Gasteiger partial charge in [-0.3, -0.25) is 15.0 Å². The molecular formula is C29H31N3O2. The van der Waals surface area contributed by atoms with Crippen LogP contribution in [0.2, 0.25) is 0 Å². The number of nitrogens with one attached hydrogen (secondary N) is 3. The minimum absolute atomic E-state index is 0.0981. The van der Waals surface area contributed by atoms with Crippen molar-refractivity contribution in [3.8, 4) is 0 Å². The van der Waals surface area contributed by atoms with E-state index in [-0.39, 0.29) is 23.8 Å². The van der Waals surface area contributed by atoms with Crippen molar-refractivity contribution in [1.29, 1.82) is 0 Å². The highest BCUT2D eigenvalue weighted by Gasteiger charge is 2.39. The van der Waals surface area contributed by atoms with E-state index in [9.17, 15) is 9.59 Å². The van der Waals surface area contributed by atoms with E-state index < -0.39 is 0 Å². The molecule has 1 heterocycles. The fraction of sp³-hybridized carbons (Fsp3) is 0.310. The first-order chi connectivity index (χ1) is 16.7. The van der Waals surface area contributed by atoms with Gasteiger partial charge in [0.2, 0.25) is 5.91 Å². The minimum atomic E-state index is -0.0981. The summed E-state index contributed by atoms with van der Waals surface area (Å²) in [5.41, 5.74) is 10.9. The van der Waals surface area contributed by atoms with Gasteiger partial charge >= 0.3 is 0 Å². The van der Waals surface area contributed by atoms with E-state index in [2.05, 4.69) is 34.4 Å². The second kappa shape index (κ2) is 10.2. The maximum Gasteiger partial charge on any atom is 0.255 e. The van der Waals surface area contributed by atoms with Crippen molar-refractivity contribution < 1.29 is 9.59 Å². The average Bonchev–Trinajstić information content (AvgIpc) is 2.87. The SMILES string of the molecule is O=C(Nc1cccc(CC2NNC(=O)C3CCCCC23)c1)c1ccccc1Cc1ccccc1. The molecule has 1 aliphatic carbocycles. The molecule has 3 aromatic rings. The van der Waals surface area contributed by atoms with Crippen LogP contribution in [0.4, 0.5) is 5.69 Å². The number of hydrogen-bond acceptors (Lipinski definition) is 3. The van der Waals surface area contributed by atoms with Crippen LogP contribution in [0.5, 0.6) is 0 Å². The van der Waals surface area contributed by atoms with Gasteiger partial charge < -0.3 is 5.32 Å². The van der Waals surface area contributed by atoms with Crippen LogP contribution in [0.3, 0.4) is 0 Å². The molecule has 3 aromatic carbocycles. The number of amides is 2. The maximum absolute atomic E-state index is 13.2. The lowest BCUT2D eigenvalue weighted by Crippen LogP contribution is -2.60. The smallest absolute Gasteiger partial charge is 0.255 e. The van der Waals surface area contributed by atoms with Gasteiger partial charge in [0.25, 0.3) is 5.91 Å². The number of hydrazine groups is 1. The van der Waals surface area contributed by atoms with Crippen molar-refractivity contribution >= 4 is 17.5 Å². The van der Waals surface area contributed by atoms with Gasteiger partial charge in [-0.1, -0.05) is 73.5 Å². The zero-order valence-electron chi connectivity index (χ0n) is 19.3. The number of carbonyl (C=O) groups is 2. The summed E-state index contributed by atoms with van der Waals surface area (Å²) in [6.07, 6.45) is 5.92. The minimum Gasteiger partial charge on any atom is -0.322 e. The molecule has 0 spiro atoms. The molecule has 5 rings (SSSR count). The number of rotatable bonds is 6. The number of carbonyl (C=O) groups excluding carboxylic acids is 2. The first kappa shape index (κ1) is 22.4. The van der Waals surface area contributed by atoms with Gasteiger partial charge in [0.1, 0.15) is 0 Å². The molecule has 1 saturated carbocycles. The highest BCUT2D eigenvalue weighted by molar-refractivity contribution is 6.05. The van der Waals surface area contributed by atoms with Gasteiger partial charge in [0, 0.05) is 23.2 Å². The Labute approximate surface area is 200 Å². The maximum atomic E-state index is 13.2. The Morgan fingerprint density at radius 1 is 0.882 bits per heavy atom. The molecule has 2 aliphatic rings. The van der Waals surface area contributed by atoms with E-state index in [1.165, 1.54) is 12.0 Å². The van der Waals surface area contributed by atoms with Crippen LogP contribution >= 0.6 is 0 Å². The standard InChI is InChI=1S/C29H31N3O2/c33-28(24-14-5-4-12-22(24)17-20-9-2-1-3-10-20)30-23-13-8-11-21(18-23)19-27-25-15-6-7-16-26(25)29(34)32-31-27/h1-5,8-14,18,25-27,31H,6-7,15-17,19H2,(H,30,33)(H,32,34). The van der Waals surface area contributed by atoms with Crippen molar-refractivity contribution in [1.82, 2.24) is 10.9 Å². The Balaban J connectivity index is 1.28. The highest BCUT2D eigenvalue weighted by atomic mass is 16.2. The summed E-state index contributed by atoms with van der Waals surface area (Å²) in [6, 6.07) is 26.3. The van der Waals surface area contributed by atoms with E-state index in [4.69, 9.17) is 0 Å². The molecule has 1 aliphatic heterocycles. The Morgan fingerprint density at radius 3 is 2.53 bits per heavy atom. The number of benzene rings is 3. The molecule has 1 saturated heterocycles. The molecule has 3 atom stereocenters. The van der Waals surface area contributed by atoms with Gasteiger partial charge in [-0.05, 0) is 66.5 Å². The average molecular weight is 454 g/mol. The van der Waals surface area contributed by atoms with Gasteiger partial charge in [0.05, 0.1) is 0 Å². The van der Waals surface area contributed by atoms with Gasteiger partial charge in [0.15, 0.2) is 0 Å². The molecule has 2 fully saturated rings. The molecular weight excluding hydrogens is 422 g/mol. The predicted octanol–water partition coefficient (Wildman–Crippen LogP) is 4.88. The Hall–Kier alpha value is -3.44. The van der Waals surface area contributed by atoms with Crippen molar-refractivity contribution in [3.05, 3.63) is 101 Å². The lowest BCUT2D eigenvalue weighted by atomic mass is 9.72. The van der Waals surface area contributed by atoms with Crippen LogP contribution < -0.4 is 16.2 Å². The lowest BCUT2D eigenvalue weighted by molar-refractivity contribution is -0.133. The monoisotopic (exact) mass is 453 g/mol. The second-order valence-electron chi connectivity index (χ2n) is 9.47. The van der Waals surface area contributed by atoms with Crippen LogP contribution in [0.15, 0.2) is 78.9 Å². The summed E-state index contributed by atoms with van der Waals surface area (Å²) in [7, 11) is 0. The molecule has 0 radical (unpaired) electrons. The molecule has 3 N–H and O–H groups in total. The summed E-state index contributed by atoms with van der Waals surface area (Å²) in [5, 5.41) is 3.10. The first-order valence-electron chi connectivity index (χ1n) is 12.2. The van der Waals surface area contributed by atoms with Crippen LogP contribution in [-0.4, -0.2) is 17.9 Å². The quantitative estimate of drug-likeness (QED) is 0.498. The van der Waals surface area contributed by atoms with Gasteiger partial charge in [-0.25, -0.2) is 5.43 Å². The van der Waals surface area contributed by atoms with E-state index in [0.717, 1.165) is 42.5 Å². The summed E-state index contributed by atoms with van der Waals surface area (Å²) >= 11 is 0. The van der Waals surface area contributed by atoms with Gasteiger partial charge in [-0.15, -0.1) is 0 Å². The third kappa shape index (κ3) is 5.05. The van der Waals surface area contributed by atoms with Crippen LogP contribution in [-0.2, 0) is 17.6 Å². The fourth-order valence-corrected chi connectivity index (χ4v) is 5.47. The highest BCUT2D eigenvalue weighted by Crippen LogP contribution is 2.35. The summed E-state index contributed by atoms with van der Waals surface area (Å²) in [5.74, 6) is 0.518. The molecule has 0 bridgehead atoms. The van der Waals surface area contributed by atoms with Crippen molar-refractivity contribution in [2.75, 3.05) is 5.32 Å². The van der Waals surface area contributed by atoms with Crippen LogP contribution in [0.25, 0.3) is 0 Å². The molecule has 5 heteroatoms. The summed E-state index contributed by atoms with van der Waals surface area (Å²) in [6.45, 7) is 0. The molecule has 2 amide bonds. The number of hydrogen-bond donors (Lipinski definition) is 3. The molecule has 174 valence electrons. The molecule has 34 heavy (non-hydrogen) atoms. The Kier molecular flexibility index (Phi) is 6.72. The topological polar surface area (TPSA) is 70.2 Å².